The van der Waals surface area contributed by atoms with Crippen molar-refractivity contribution in [2.45, 2.75) is 19.8 Å². The SMILES string of the molecule is CCNCCCNCC1COc2ccccc2C1. The molecule has 1 aromatic carbocycles. The summed E-state index contributed by atoms with van der Waals surface area (Å²) in [6.45, 7) is 7.30. The van der Waals surface area contributed by atoms with Crippen molar-refractivity contribution in [1.82, 2.24) is 10.6 Å². The van der Waals surface area contributed by atoms with Gasteiger partial charge in [0.2, 0.25) is 0 Å². The van der Waals surface area contributed by atoms with Crippen molar-refractivity contribution in [3.05, 3.63) is 29.8 Å². The number of para-hydroxylation sites is 1. The van der Waals surface area contributed by atoms with E-state index in [0.29, 0.717) is 5.92 Å². The topological polar surface area (TPSA) is 33.3 Å². The molecule has 1 aliphatic rings. The first-order chi connectivity index (χ1) is 8.90. The van der Waals surface area contributed by atoms with Gasteiger partial charge in [-0.25, -0.2) is 0 Å². The molecule has 1 unspecified atom stereocenters. The van der Waals surface area contributed by atoms with Crippen LogP contribution in [0.2, 0.25) is 0 Å². The van der Waals surface area contributed by atoms with Gasteiger partial charge in [-0.2, -0.15) is 0 Å². The van der Waals surface area contributed by atoms with Crippen molar-refractivity contribution < 1.29 is 4.74 Å². The molecule has 0 saturated carbocycles. The lowest BCUT2D eigenvalue weighted by Crippen LogP contribution is -2.32. The highest BCUT2D eigenvalue weighted by molar-refractivity contribution is 5.35. The Bertz CT molecular complexity index is 354. The van der Waals surface area contributed by atoms with E-state index in [1.807, 2.05) is 6.07 Å². The molecular formula is C15H24N2O. The predicted molar refractivity (Wildman–Crippen MR) is 75.2 cm³/mol. The van der Waals surface area contributed by atoms with E-state index in [2.05, 4.69) is 35.8 Å². The van der Waals surface area contributed by atoms with Crippen LogP contribution >= 0.6 is 0 Å². The lowest BCUT2D eigenvalue weighted by atomic mass is 9.97. The van der Waals surface area contributed by atoms with Gasteiger partial charge in [0.15, 0.2) is 0 Å². The number of hydrogen-bond acceptors (Lipinski definition) is 3. The fourth-order valence-corrected chi connectivity index (χ4v) is 2.34. The van der Waals surface area contributed by atoms with Crippen molar-refractivity contribution in [3.63, 3.8) is 0 Å². The van der Waals surface area contributed by atoms with Crippen LogP contribution in [0, 0.1) is 5.92 Å². The average Bonchev–Trinajstić information content (AvgIpc) is 2.42. The highest BCUT2D eigenvalue weighted by Gasteiger charge is 2.18. The van der Waals surface area contributed by atoms with Crippen LogP contribution in [0.25, 0.3) is 0 Å². The van der Waals surface area contributed by atoms with Gasteiger partial charge in [-0.15, -0.1) is 0 Å². The van der Waals surface area contributed by atoms with Crippen LogP contribution in [0.5, 0.6) is 5.75 Å². The summed E-state index contributed by atoms with van der Waals surface area (Å²) in [5.41, 5.74) is 1.35. The van der Waals surface area contributed by atoms with E-state index in [0.717, 1.165) is 45.0 Å². The first-order valence-electron chi connectivity index (χ1n) is 7.02. The van der Waals surface area contributed by atoms with Gasteiger partial charge < -0.3 is 15.4 Å². The summed E-state index contributed by atoms with van der Waals surface area (Å²) in [6.07, 6.45) is 2.33. The Kier molecular flexibility index (Phi) is 5.49. The van der Waals surface area contributed by atoms with E-state index in [1.54, 1.807) is 0 Å². The Morgan fingerprint density at radius 3 is 2.94 bits per heavy atom. The maximum Gasteiger partial charge on any atom is 0.122 e. The lowest BCUT2D eigenvalue weighted by molar-refractivity contribution is 0.218. The summed E-state index contributed by atoms with van der Waals surface area (Å²) in [5.74, 6) is 1.68. The van der Waals surface area contributed by atoms with Crippen LogP contribution in [-0.2, 0) is 6.42 Å². The van der Waals surface area contributed by atoms with Gasteiger partial charge in [0.25, 0.3) is 0 Å². The summed E-state index contributed by atoms with van der Waals surface area (Å²) in [6, 6.07) is 8.37. The molecule has 1 heterocycles. The van der Waals surface area contributed by atoms with Crippen LogP contribution in [-0.4, -0.2) is 32.8 Å². The number of nitrogens with one attached hydrogen (secondary N) is 2. The first kappa shape index (κ1) is 13.4. The summed E-state index contributed by atoms with van der Waals surface area (Å²) in [4.78, 5) is 0. The van der Waals surface area contributed by atoms with E-state index in [9.17, 15) is 0 Å². The molecule has 0 fully saturated rings. The second-order valence-electron chi connectivity index (χ2n) is 4.90. The van der Waals surface area contributed by atoms with Gasteiger partial charge >= 0.3 is 0 Å². The van der Waals surface area contributed by atoms with Gasteiger partial charge in [-0.05, 0) is 44.1 Å². The molecule has 1 atom stereocenters. The summed E-state index contributed by atoms with van der Waals surface area (Å²) < 4.78 is 5.78. The predicted octanol–water partition coefficient (Wildman–Crippen LogP) is 1.83. The van der Waals surface area contributed by atoms with Crippen molar-refractivity contribution in [2.24, 2.45) is 5.92 Å². The largest absolute Gasteiger partial charge is 0.493 e. The number of benzene rings is 1. The zero-order valence-electron chi connectivity index (χ0n) is 11.2. The van der Waals surface area contributed by atoms with Crippen molar-refractivity contribution in [1.29, 1.82) is 0 Å². The zero-order valence-corrected chi connectivity index (χ0v) is 11.2. The molecule has 0 radical (unpaired) electrons. The summed E-state index contributed by atoms with van der Waals surface area (Å²) in [7, 11) is 0. The third-order valence-electron chi connectivity index (χ3n) is 3.35. The molecule has 0 spiro atoms. The van der Waals surface area contributed by atoms with Crippen molar-refractivity contribution in [3.8, 4) is 5.75 Å². The standard InChI is InChI=1S/C15H24N2O/c1-2-16-8-5-9-17-11-13-10-14-6-3-4-7-15(14)18-12-13/h3-4,6-7,13,16-17H,2,5,8-12H2,1H3. The molecule has 0 bridgehead atoms. The van der Waals surface area contributed by atoms with E-state index >= 15 is 0 Å². The normalized spacial score (nSPS) is 18.2. The molecule has 1 aliphatic heterocycles. The molecule has 0 amide bonds. The second-order valence-corrected chi connectivity index (χ2v) is 4.90. The number of rotatable bonds is 7. The molecule has 0 aromatic heterocycles. The number of ether oxygens (including phenoxy) is 1. The highest BCUT2D eigenvalue weighted by atomic mass is 16.5. The monoisotopic (exact) mass is 248 g/mol. The second kappa shape index (κ2) is 7.39. The fourth-order valence-electron chi connectivity index (χ4n) is 2.34. The van der Waals surface area contributed by atoms with E-state index in [1.165, 1.54) is 12.0 Å². The summed E-state index contributed by atoms with van der Waals surface area (Å²) in [5, 5.41) is 6.86. The fraction of sp³-hybridized carbons (Fsp3) is 0.600. The Morgan fingerprint density at radius 1 is 1.22 bits per heavy atom. The average molecular weight is 248 g/mol. The molecule has 2 N–H and O–H groups in total. The van der Waals surface area contributed by atoms with Gasteiger partial charge in [-0.3, -0.25) is 0 Å². The highest BCUT2D eigenvalue weighted by Crippen LogP contribution is 2.26. The van der Waals surface area contributed by atoms with E-state index in [4.69, 9.17) is 4.74 Å². The Morgan fingerprint density at radius 2 is 2.06 bits per heavy atom. The molecule has 100 valence electrons. The van der Waals surface area contributed by atoms with E-state index < -0.39 is 0 Å². The van der Waals surface area contributed by atoms with Crippen LogP contribution < -0.4 is 15.4 Å². The minimum atomic E-state index is 0.610. The number of fused-ring (bicyclic) bond motifs is 1. The molecule has 0 aliphatic carbocycles. The minimum absolute atomic E-state index is 0.610. The van der Waals surface area contributed by atoms with Crippen LogP contribution in [0.3, 0.4) is 0 Å². The van der Waals surface area contributed by atoms with E-state index in [-0.39, 0.29) is 0 Å². The quantitative estimate of drug-likeness (QED) is 0.722. The van der Waals surface area contributed by atoms with Crippen LogP contribution in [0.1, 0.15) is 18.9 Å². The Labute approximate surface area is 110 Å². The molecule has 18 heavy (non-hydrogen) atoms. The molecule has 2 rings (SSSR count). The van der Waals surface area contributed by atoms with Crippen LogP contribution in [0.15, 0.2) is 24.3 Å². The van der Waals surface area contributed by atoms with Gasteiger partial charge in [0.05, 0.1) is 6.61 Å². The van der Waals surface area contributed by atoms with Gasteiger partial charge in [-0.1, -0.05) is 25.1 Å². The van der Waals surface area contributed by atoms with Gasteiger partial charge in [0, 0.05) is 12.5 Å². The first-order valence-corrected chi connectivity index (χ1v) is 7.02. The molecular weight excluding hydrogens is 224 g/mol. The van der Waals surface area contributed by atoms with Crippen LogP contribution in [0.4, 0.5) is 0 Å². The Balaban J connectivity index is 1.64. The lowest BCUT2D eigenvalue weighted by Gasteiger charge is -2.25. The molecule has 0 saturated heterocycles. The number of hydrogen-bond donors (Lipinski definition) is 2. The maximum absolute atomic E-state index is 5.78. The zero-order chi connectivity index (χ0) is 12.6. The third-order valence-corrected chi connectivity index (χ3v) is 3.35. The molecule has 3 heteroatoms. The minimum Gasteiger partial charge on any atom is -0.493 e. The summed E-state index contributed by atoms with van der Waals surface area (Å²) >= 11 is 0. The van der Waals surface area contributed by atoms with Gasteiger partial charge in [0.1, 0.15) is 5.75 Å². The smallest absolute Gasteiger partial charge is 0.122 e. The Hall–Kier alpha value is -1.06. The molecule has 3 nitrogen and oxygen atoms in total. The maximum atomic E-state index is 5.78. The van der Waals surface area contributed by atoms with Crippen molar-refractivity contribution in [2.75, 3.05) is 32.8 Å². The third kappa shape index (κ3) is 4.00. The molecule has 1 aromatic rings. The van der Waals surface area contributed by atoms with Crippen molar-refractivity contribution >= 4 is 0 Å².